The van der Waals surface area contributed by atoms with E-state index in [9.17, 15) is 4.79 Å². The van der Waals surface area contributed by atoms with Crippen LogP contribution in [0.15, 0.2) is 0 Å². The number of carbonyl (C=O) groups excluding carboxylic acids is 1. The highest BCUT2D eigenvalue weighted by Crippen LogP contribution is 2.41. The SMILES string of the molecule is COC1CCC(CN(CC2CCNCC2)C(=O)C2CCC3NC(C)C(C)C3C2)CC1OC. The Bertz CT molecular complexity index is 611. The molecule has 2 N–H and O–H groups in total. The zero-order valence-corrected chi connectivity index (χ0v) is 20.9. The number of hydrogen-bond acceptors (Lipinski definition) is 5. The van der Waals surface area contributed by atoms with Crippen LogP contribution in [0.5, 0.6) is 0 Å². The maximum atomic E-state index is 13.9. The van der Waals surface area contributed by atoms with Crippen LogP contribution in [0.4, 0.5) is 0 Å². The van der Waals surface area contributed by atoms with Crippen LogP contribution in [-0.2, 0) is 14.3 Å². The van der Waals surface area contributed by atoms with Crippen molar-refractivity contribution in [3.8, 4) is 0 Å². The van der Waals surface area contributed by atoms with E-state index in [1.54, 1.807) is 14.2 Å². The van der Waals surface area contributed by atoms with Gasteiger partial charge in [0.15, 0.2) is 0 Å². The average Bonchev–Trinajstić information content (AvgIpc) is 3.11. The Kier molecular flexibility index (Phi) is 8.52. The molecule has 2 aliphatic heterocycles. The second-order valence-electron chi connectivity index (χ2n) is 11.3. The summed E-state index contributed by atoms with van der Waals surface area (Å²) in [4.78, 5) is 16.2. The molecule has 6 heteroatoms. The van der Waals surface area contributed by atoms with Crippen LogP contribution in [0.2, 0.25) is 0 Å². The van der Waals surface area contributed by atoms with Gasteiger partial charge in [0.05, 0.1) is 12.2 Å². The van der Waals surface area contributed by atoms with Gasteiger partial charge in [0, 0.05) is 45.3 Å². The lowest BCUT2D eigenvalue weighted by molar-refractivity contribution is -0.140. The van der Waals surface area contributed by atoms with Gasteiger partial charge in [-0.25, -0.2) is 0 Å². The third-order valence-electron chi connectivity index (χ3n) is 9.36. The number of nitrogens with zero attached hydrogens (tertiary/aromatic N) is 1. The second-order valence-corrected chi connectivity index (χ2v) is 11.3. The summed E-state index contributed by atoms with van der Waals surface area (Å²) in [6.07, 6.45) is 9.15. The van der Waals surface area contributed by atoms with E-state index >= 15 is 0 Å². The van der Waals surface area contributed by atoms with Crippen molar-refractivity contribution in [3.63, 3.8) is 0 Å². The number of piperidine rings is 1. The monoisotopic (exact) mass is 449 g/mol. The van der Waals surface area contributed by atoms with Crippen LogP contribution < -0.4 is 10.6 Å². The van der Waals surface area contributed by atoms with Crippen LogP contribution in [0, 0.1) is 29.6 Å². The zero-order valence-electron chi connectivity index (χ0n) is 20.9. The summed E-state index contributed by atoms with van der Waals surface area (Å²) in [6, 6.07) is 1.19. The normalized spacial score (nSPS) is 40.8. The first kappa shape index (κ1) is 24.4. The van der Waals surface area contributed by atoms with E-state index in [0.29, 0.717) is 41.7 Å². The van der Waals surface area contributed by atoms with Gasteiger partial charge < -0.3 is 25.0 Å². The summed E-state index contributed by atoms with van der Waals surface area (Å²) in [7, 11) is 3.59. The van der Waals surface area contributed by atoms with Crippen molar-refractivity contribution in [1.29, 1.82) is 0 Å². The number of nitrogens with one attached hydrogen (secondary N) is 2. The van der Waals surface area contributed by atoms with Crippen molar-refractivity contribution < 1.29 is 14.3 Å². The van der Waals surface area contributed by atoms with Gasteiger partial charge in [-0.15, -0.1) is 0 Å². The first-order valence-electron chi connectivity index (χ1n) is 13.3. The largest absolute Gasteiger partial charge is 0.379 e. The summed E-state index contributed by atoms with van der Waals surface area (Å²) in [5, 5.41) is 7.27. The highest BCUT2D eigenvalue weighted by Gasteiger charge is 2.44. The molecule has 4 fully saturated rings. The molecule has 0 aromatic rings. The summed E-state index contributed by atoms with van der Waals surface area (Å²) in [5.41, 5.74) is 0. The smallest absolute Gasteiger partial charge is 0.225 e. The molecule has 0 radical (unpaired) electrons. The Labute approximate surface area is 195 Å². The van der Waals surface area contributed by atoms with Crippen molar-refractivity contribution in [2.45, 2.75) is 89.5 Å². The molecule has 8 atom stereocenters. The summed E-state index contributed by atoms with van der Waals surface area (Å²) >= 11 is 0. The van der Waals surface area contributed by atoms with Crippen molar-refractivity contribution in [2.75, 3.05) is 40.4 Å². The Hall–Kier alpha value is -0.690. The van der Waals surface area contributed by atoms with E-state index in [1.165, 1.54) is 12.8 Å². The minimum Gasteiger partial charge on any atom is -0.379 e. The first-order valence-corrected chi connectivity index (χ1v) is 13.3. The van der Waals surface area contributed by atoms with Gasteiger partial charge in [-0.1, -0.05) is 6.92 Å². The van der Waals surface area contributed by atoms with Crippen LogP contribution in [0.25, 0.3) is 0 Å². The first-order chi connectivity index (χ1) is 15.5. The standard InChI is InChI=1S/C26H47N3O3/c1-17-18(2)28-23-7-6-21(14-22(17)23)26(30)29(15-19-9-11-27-12-10-19)16-20-5-8-24(31-3)25(13-20)32-4/h17-25,27-28H,5-16H2,1-4H3. The van der Waals surface area contributed by atoms with Gasteiger partial charge in [-0.2, -0.15) is 0 Å². The molecule has 2 saturated carbocycles. The quantitative estimate of drug-likeness (QED) is 0.626. The Morgan fingerprint density at radius 2 is 1.59 bits per heavy atom. The highest BCUT2D eigenvalue weighted by atomic mass is 16.5. The van der Waals surface area contributed by atoms with Gasteiger partial charge in [0.25, 0.3) is 0 Å². The van der Waals surface area contributed by atoms with Crippen LogP contribution >= 0.6 is 0 Å². The fourth-order valence-electron chi connectivity index (χ4n) is 7.15. The minimum atomic E-state index is 0.150. The predicted molar refractivity (Wildman–Crippen MR) is 127 cm³/mol. The fourth-order valence-corrected chi connectivity index (χ4v) is 7.15. The van der Waals surface area contributed by atoms with Crippen LogP contribution in [0.1, 0.15) is 65.2 Å². The molecular formula is C26H47N3O3. The molecule has 1 amide bonds. The average molecular weight is 450 g/mol. The Morgan fingerprint density at radius 1 is 0.875 bits per heavy atom. The fraction of sp³-hybridized carbons (Fsp3) is 0.962. The zero-order chi connectivity index (χ0) is 22.7. The van der Waals surface area contributed by atoms with Crippen molar-refractivity contribution in [2.24, 2.45) is 29.6 Å². The number of fused-ring (bicyclic) bond motifs is 1. The number of ether oxygens (including phenoxy) is 2. The van der Waals surface area contributed by atoms with E-state index in [0.717, 1.165) is 64.7 Å². The van der Waals surface area contributed by atoms with Crippen LogP contribution in [-0.4, -0.2) is 75.5 Å². The van der Waals surface area contributed by atoms with Gasteiger partial charge in [0.2, 0.25) is 5.91 Å². The molecule has 2 saturated heterocycles. The molecule has 8 unspecified atom stereocenters. The lowest BCUT2D eigenvalue weighted by Crippen LogP contribution is -2.48. The molecule has 0 aromatic heterocycles. The number of amides is 1. The van der Waals surface area contributed by atoms with E-state index in [1.807, 2.05) is 0 Å². The van der Waals surface area contributed by atoms with Crippen molar-refractivity contribution in [3.05, 3.63) is 0 Å². The maximum absolute atomic E-state index is 13.9. The Balaban J connectivity index is 1.42. The molecular weight excluding hydrogens is 402 g/mol. The van der Waals surface area contributed by atoms with Gasteiger partial charge >= 0.3 is 0 Å². The molecule has 4 aliphatic rings. The topological polar surface area (TPSA) is 62.8 Å². The van der Waals surface area contributed by atoms with Crippen molar-refractivity contribution in [1.82, 2.24) is 15.5 Å². The number of carbonyl (C=O) groups is 1. The van der Waals surface area contributed by atoms with E-state index in [-0.39, 0.29) is 18.1 Å². The molecule has 4 rings (SSSR count). The number of hydrogen-bond donors (Lipinski definition) is 2. The minimum absolute atomic E-state index is 0.150. The number of methoxy groups -OCH3 is 2. The number of rotatable bonds is 7. The molecule has 0 aromatic carbocycles. The molecule has 0 spiro atoms. The van der Waals surface area contributed by atoms with Crippen LogP contribution in [0.3, 0.4) is 0 Å². The third kappa shape index (κ3) is 5.51. The lowest BCUT2D eigenvalue weighted by Gasteiger charge is -2.40. The molecule has 32 heavy (non-hydrogen) atoms. The summed E-state index contributed by atoms with van der Waals surface area (Å²) < 4.78 is 11.4. The van der Waals surface area contributed by atoms with E-state index < -0.39 is 0 Å². The second kappa shape index (κ2) is 11.2. The molecule has 6 nitrogen and oxygen atoms in total. The molecule has 2 aliphatic carbocycles. The molecule has 0 bridgehead atoms. The lowest BCUT2D eigenvalue weighted by atomic mass is 9.73. The predicted octanol–water partition coefficient (Wildman–Crippen LogP) is 3.06. The van der Waals surface area contributed by atoms with Gasteiger partial charge in [0.1, 0.15) is 0 Å². The highest BCUT2D eigenvalue weighted by molar-refractivity contribution is 5.79. The van der Waals surface area contributed by atoms with Crippen molar-refractivity contribution >= 4 is 5.91 Å². The van der Waals surface area contributed by atoms with Gasteiger partial charge in [-0.3, -0.25) is 4.79 Å². The Morgan fingerprint density at radius 3 is 2.31 bits per heavy atom. The van der Waals surface area contributed by atoms with Gasteiger partial charge in [-0.05, 0) is 95.1 Å². The van der Waals surface area contributed by atoms with E-state index in [2.05, 4.69) is 29.4 Å². The maximum Gasteiger partial charge on any atom is 0.225 e. The van der Waals surface area contributed by atoms with E-state index in [4.69, 9.17) is 9.47 Å². The summed E-state index contributed by atoms with van der Waals surface area (Å²) in [5.74, 6) is 3.12. The third-order valence-corrected chi connectivity index (χ3v) is 9.36. The molecule has 2 heterocycles. The summed E-state index contributed by atoms with van der Waals surface area (Å²) in [6.45, 7) is 8.70. The molecule has 184 valence electrons.